The molecule has 1 aromatic heterocycles. The summed E-state index contributed by atoms with van der Waals surface area (Å²) in [5.41, 5.74) is 0.359. The normalized spacial score (nSPS) is 25.7. The number of aliphatic hydroxyl groups excluding tert-OH is 1. The predicted octanol–water partition coefficient (Wildman–Crippen LogP) is -0.133. The summed E-state index contributed by atoms with van der Waals surface area (Å²) in [6.07, 6.45) is 2.82. The van der Waals surface area contributed by atoms with Crippen LogP contribution in [0.5, 0.6) is 0 Å². The fraction of sp³-hybridized carbons (Fsp3) is 0.588. The lowest BCUT2D eigenvalue weighted by Crippen LogP contribution is -2.46. The number of β-amino-alcohol motifs (C(OH)–C–C–N with tert-alkyl or cyclic N) is 1. The highest BCUT2D eigenvalue weighted by atomic mass is 16.3. The van der Waals surface area contributed by atoms with Gasteiger partial charge in [-0.05, 0) is 25.0 Å². The van der Waals surface area contributed by atoms with Crippen LogP contribution in [0.3, 0.4) is 0 Å². The van der Waals surface area contributed by atoms with Gasteiger partial charge in [0.15, 0.2) is 0 Å². The molecule has 0 spiro atoms. The van der Waals surface area contributed by atoms with Crippen LogP contribution in [0.25, 0.3) is 0 Å². The SMILES string of the molecule is CC(=O)N1CCC(N2C[C@@H](O)[C@H](NC(=O)c3ccccn3)C2)CC1. The van der Waals surface area contributed by atoms with E-state index in [1.165, 1.54) is 0 Å². The summed E-state index contributed by atoms with van der Waals surface area (Å²) in [5.74, 6) is -0.136. The number of aromatic nitrogens is 1. The summed E-state index contributed by atoms with van der Waals surface area (Å²) in [4.78, 5) is 31.7. The third-order valence-electron chi connectivity index (χ3n) is 4.96. The van der Waals surface area contributed by atoms with Crippen molar-refractivity contribution in [1.82, 2.24) is 20.1 Å². The Bertz CT molecular complexity index is 587. The molecule has 3 heterocycles. The zero-order valence-corrected chi connectivity index (χ0v) is 13.9. The third-order valence-corrected chi connectivity index (χ3v) is 4.96. The Hall–Kier alpha value is -1.99. The highest BCUT2D eigenvalue weighted by molar-refractivity contribution is 5.92. The minimum absolute atomic E-state index is 0.121. The van der Waals surface area contributed by atoms with E-state index in [4.69, 9.17) is 0 Å². The molecule has 0 aromatic carbocycles. The van der Waals surface area contributed by atoms with Gasteiger partial charge in [-0.15, -0.1) is 0 Å². The molecular weight excluding hydrogens is 308 g/mol. The van der Waals surface area contributed by atoms with Crippen molar-refractivity contribution in [2.75, 3.05) is 26.2 Å². The van der Waals surface area contributed by atoms with Gasteiger partial charge in [0.25, 0.3) is 5.91 Å². The number of carbonyl (C=O) groups is 2. The summed E-state index contributed by atoms with van der Waals surface area (Å²) >= 11 is 0. The van der Waals surface area contributed by atoms with Crippen LogP contribution < -0.4 is 5.32 Å². The number of carbonyl (C=O) groups excluding carboxylic acids is 2. The first-order chi connectivity index (χ1) is 11.5. The molecule has 0 radical (unpaired) electrons. The highest BCUT2D eigenvalue weighted by Gasteiger charge is 2.37. The molecule has 0 saturated carbocycles. The van der Waals surface area contributed by atoms with Gasteiger partial charge in [-0.2, -0.15) is 0 Å². The third kappa shape index (κ3) is 3.73. The molecule has 3 rings (SSSR count). The van der Waals surface area contributed by atoms with E-state index in [0.29, 0.717) is 24.8 Å². The molecule has 2 fully saturated rings. The molecule has 2 aliphatic heterocycles. The van der Waals surface area contributed by atoms with Crippen molar-refractivity contribution < 1.29 is 14.7 Å². The molecule has 2 saturated heterocycles. The molecule has 0 bridgehead atoms. The lowest BCUT2D eigenvalue weighted by Gasteiger charge is -2.36. The average molecular weight is 332 g/mol. The number of piperidine rings is 1. The molecule has 130 valence electrons. The van der Waals surface area contributed by atoms with E-state index >= 15 is 0 Å². The maximum Gasteiger partial charge on any atom is 0.270 e. The van der Waals surface area contributed by atoms with Crippen LogP contribution in [0.15, 0.2) is 24.4 Å². The summed E-state index contributed by atoms with van der Waals surface area (Å²) in [6.45, 7) is 4.31. The molecule has 0 unspecified atom stereocenters. The number of hydrogen-bond donors (Lipinski definition) is 2. The zero-order chi connectivity index (χ0) is 17.1. The first-order valence-corrected chi connectivity index (χ1v) is 8.44. The van der Waals surface area contributed by atoms with Crippen LogP contribution in [0, 0.1) is 0 Å². The van der Waals surface area contributed by atoms with Crippen molar-refractivity contribution in [2.24, 2.45) is 0 Å². The van der Waals surface area contributed by atoms with Crippen LogP contribution in [0.4, 0.5) is 0 Å². The van der Waals surface area contributed by atoms with Crippen molar-refractivity contribution in [2.45, 2.75) is 38.0 Å². The fourth-order valence-corrected chi connectivity index (χ4v) is 3.54. The van der Waals surface area contributed by atoms with Gasteiger partial charge in [0.2, 0.25) is 5.91 Å². The second-order valence-electron chi connectivity index (χ2n) is 6.55. The van der Waals surface area contributed by atoms with Crippen LogP contribution >= 0.6 is 0 Å². The van der Waals surface area contributed by atoms with Gasteiger partial charge < -0.3 is 15.3 Å². The zero-order valence-electron chi connectivity index (χ0n) is 13.9. The molecule has 2 N–H and O–H groups in total. The van der Waals surface area contributed by atoms with Crippen molar-refractivity contribution in [3.05, 3.63) is 30.1 Å². The molecule has 2 atom stereocenters. The lowest BCUT2D eigenvalue weighted by atomic mass is 10.0. The average Bonchev–Trinajstić information content (AvgIpc) is 2.96. The molecule has 2 amide bonds. The number of nitrogens with one attached hydrogen (secondary N) is 1. The van der Waals surface area contributed by atoms with Crippen molar-refractivity contribution in [1.29, 1.82) is 0 Å². The molecule has 7 heteroatoms. The molecule has 24 heavy (non-hydrogen) atoms. The number of amides is 2. The van der Waals surface area contributed by atoms with Gasteiger partial charge in [-0.3, -0.25) is 19.5 Å². The number of rotatable bonds is 3. The Balaban J connectivity index is 1.53. The van der Waals surface area contributed by atoms with Crippen molar-refractivity contribution in [3.63, 3.8) is 0 Å². The van der Waals surface area contributed by atoms with Gasteiger partial charge in [-0.1, -0.05) is 6.07 Å². The summed E-state index contributed by atoms with van der Waals surface area (Å²) in [7, 11) is 0. The Labute approximate surface area is 141 Å². The number of hydrogen-bond acceptors (Lipinski definition) is 5. The van der Waals surface area contributed by atoms with Crippen LogP contribution in [-0.2, 0) is 4.79 Å². The smallest absolute Gasteiger partial charge is 0.270 e. The standard InChI is InChI=1S/C17H24N4O3/c1-12(22)20-8-5-13(6-9-20)21-10-15(16(23)11-21)19-17(24)14-4-2-3-7-18-14/h2-4,7,13,15-16,23H,5-6,8-11H2,1H3,(H,19,24)/t15-,16-/m1/s1. The van der Waals surface area contributed by atoms with Gasteiger partial charge in [0.1, 0.15) is 5.69 Å². The van der Waals surface area contributed by atoms with Crippen molar-refractivity contribution in [3.8, 4) is 0 Å². The first-order valence-electron chi connectivity index (χ1n) is 8.44. The van der Waals surface area contributed by atoms with Crippen molar-refractivity contribution >= 4 is 11.8 Å². The number of aliphatic hydroxyl groups is 1. The van der Waals surface area contributed by atoms with E-state index in [-0.39, 0.29) is 17.9 Å². The summed E-state index contributed by atoms with van der Waals surface area (Å²) in [5, 5.41) is 13.2. The van der Waals surface area contributed by atoms with E-state index in [1.807, 2.05) is 4.90 Å². The highest BCUT2D eigenvalue weighted by Crippen LogP contribution is 2.22. The second kappa shape index (κ2) is 7.27. The molecular formula is C17H24N4O3. The van der Waals surface area contributed by atoms with Crippen LogP contribution in [-0.4, -0.2) is 76.1 Å². The number of likely N-dealkylation sites (tertiary alicyclic amines) is 2. The Morgan fingerprint density at radius 1 is 1.25 bits per heavy atom. The maximum atomic E-state index is 12.2. The first kappa shape index (κ1) is 16.9. The quantitative estimate of drug-likeness (QED) is 0.805. The van der Waals surface area contributed by atoms with E-state index in [0.717, 1.165) is 25.9 Å². The topological polar surface area (TPSA) is 85.8 Å². The Kier molecular flexibility index (Phi) is 5.11. The minimum Gasteiger partial charge on any atom is -0.390 e. The second-order valence-corrected chi connectivity index (χ2v) is 6.55. The van der Waals surface area contributed by atoms with Gasteiger partial charge in [-0.25, -0.2) is 0 Å². The van der Waals surface area contributed by atoms with Crippen LogP contribution in [0.1, 0.15) is 30.3 Å². The molecule has 0 aliphatic carbocycles. The van der Waals surface area contributed by atoms with E-state index in [9.17, 15) is 14.7 Å². The van der Waals surface area contributed by atoms with E-state index < -0.39 is 6.10 Å². The van der Waals surface area contributed by atoms with Crippen LogP contribution in [0.2, 0.25) is 0 Å². The number of pyridine rings is 1. The monoisotopic (exact) mass is 332 g/mol. The summed E-state index contributed by atoms with van der Waals surface area (Å²) < 4.78 is 0. The molecule has 7 nitrogen and oxygen atoms in total. The Morgan fingerprint density at radius 3 is 2.62 bits per heavy atom. The van der Waals surface area contributed by atoms with E-state index in [2.05, 4.69) is 15.2 Å². The number of nitrogens with zero attached hydrogens (tertiary/aromatic N) is 3. The summed E-state index contributed by atoms with van der Waals surface area (Å²) in [6, 6.07) is 5.25. The maximum absolute atomic E-state index is 12.2. The van der Waals surface area contributed by atoms with Gasteiger partial charge >= 0.3 is 0 Å². The molecule has 2 aliphatic rings. The fourth-order valence-electron chi connectivity index (χ4n) is 3.54. The lowest BCUT2D eigenvalue weighted by molar-refractivity contribution is -0.130. The minimum atomic E-state index is -0.580. The van der Waals surface area contributed by atoms with Gasteiger partial charge in [0.05, 0.1) is 12.1 Å². The Morgan fingerprint density at radius 2 is 2.00 bits per heavy atom. The van der Waals surface area contributed by atoms with E-state index in [1.54, 1.807) is 31.3 Å². The molecule has 1 aromatic rings. The largest absolute Gasteiger partial charge is 0.390 e. The predicted molar refractivity (Wildman–Crippen MR) is 88.3 cm³/mol. The van der Waals surface area contributed by atoms with Gasteiger partial charge in [0, 0.05) is 45.3 Å².